The lowest BCUT2D eigenvalue weighted by Gasteiger charge is -2.36. The topological polar surface area (TPSA) is 41.5 Å². The van der Waals surface area contributed by atoms with Crippen LogP contribution in [0.1, 0.15) is 18.4 Å². The Bertz CT molecular complexity index is 346. The molecule has 16 heavy (non-hydrogen) atoms. The summed E-state index contributed by atoms with van der Waals surface area (Å²) in [5.41, 5.74) is 0.871. The van der Waals surface area contributed by atoms with Crippen LogP contribution >= 0.6 is 0 Å². The van der Waals surface area contributed by atoms with Crippen molar-refractivity contribution < 1.29 is 9.84 Å². The maximum absolute atomic E-state index is 9.78. The van der Waals surface area contributed by atoms with Gasteiger partial charge in [0.2, 0.25) is 0 Å². The third-order valence-corrected chi connectivity index (χ3v) is 3.45. The van der Waals surface area contributed by atoms with Crippen LogP contribution in [0.4, 0.5) is 0 Å². The highest BCUT2D eigenvalue weighted by atomic mass is 16.5. The molecule has 1 aromatic carbocycles. The van der Waals surface area contributed by atoms with Crippen molar-refractivity contribution in [2.24, 2.45) is 0 Å². The fourth-order valence-electron chi connectivity index (χ4n) is 2.34. The summed E-state index contributed by atoms with van der Waals surface area (Å²) >= 11 is 0. The molecule has 1 fully saturated rings. The first kappa shape index (κ1) is 11.4. The predicted octanol–water partition coefficient (Wildman–Crippen LogP) is 1.70. The highest BCUT2D eigenvalue weighted by molar-refractivity contribution is 5.33. The number of nitrogens with one attached hydrogen (secondary N) is 1. The summed E-state index contributed by atoms with van der Waals surface area (Å²) in [5, 5.41) is 13.1. The van der Waals surface area contributed by atoms with Crippen molar-refractivity contribution in [3.05, 3.63) is 29.8 Å². The number of hydrogen-bond acceptors (Lipinski definition) is 3. The van der Waals surface area contributed by atoms with Crippen LogP contribution in [0.25, 0.3) is 0 Å². The first-order valence-corrected chi connectivity index (χ1v) is 5.78. The smallest absolute Gasteiger partial charge is 0.118 e. The van der Waals surface area contributed by atoms with Crippen LogP contribution in [0.15, 0.2) is 24.3 Å². The lowest BCUT2D eigenvalue weighted by molar-refractivity contribution is -0.0336. The highest BCUT2D eigenvalue weighted by Gasteiger charge is 2.32. The second kappa shape index (κ2) is 4.85. The van der Waals surface area contributed by atoms with Crippen LogP contribution in [-0.2, 0) is 11.2 Å². The van der Waals surface area contributed by atoms with E-state index in [2.05, 4.69) is 5.32 Å². The van der Waals surface area contributed by atoms with Gasteiger partial charge in [0.05, 0.1) is 5.60 Å². The maximum atomic E-state index is 9.78. The Balaban J connectivity index is 2.15. The summed E-state index contributed by atoms with van der Waals surface area (Å²) in [6, 6.07) is 7.51. The minimum absolute atomic E-state index is 0.107. The molecule has 0 radical (unpaired) electrons. The molecule has 2 rings (SSSR count). The number of hydrogen-bond donors (Lipinski definition) is 2. The molecule has 0 atom stereocenters. The fourth-order valence-corrected chi connectivity index (χ4v) is 2.34. The van der Waals surface area contributed by atoms with Gasteiger partial charge in [-0.25, -0.2) is 0 Å². The summed E-state index contributed by atoms with van der Waals surface area (Å²) in [4.78, 5) is 0. The average Bonchev–Trinajstić information content (AvgIpc) is 2.33. The van der Waals surface area contributed by atoms with Crippen molar-refractivity contribution >= 4 is 0 Å². The molecule has 88 valence electrons. The summed E-state index contributed by atoms with van der Waals surface area (Å²) in [7, 11) is 1.77. The van der Waals surface area contributed by atoms with Crippen molar-refractivity contribution in [1.82, 2.24) is 5.32 Å². The lowest BCUT2D eigenvalue weighted by Crippen LogP contribution is -2.44. The number of aromatic hydroxyl groups is 1. The maximum Gasteiger partial charge on any atom is 0.118 e. The molecule has 1 aliphatic rings. The molecule has 0 saturated carbocycles. The number of methoxy groups -OCH3 is 1. The van der Waals surface area contributed by atoms with E-state index < -0.39 is 0 Å². The molecule has 0 aromatic heterocycles. The number of rotatable bonds is 3. The van der Waals surface area contributed by atoms with E-state index in [1.807, 2.05) is 18.2 Å². The SMILES string of the molecule is COC1(Cc2ccccc2O)CCNCC1. The zero-order valence-electron chi connectivity index (χ0n) is 9.70. The van der Waals surface area contributed by atoms with E-state index in [1.54, 1.807) is 13.2 Å². The Morgan fingerprint density at radius 2 is 2.00 bits per heavy atom. The minimum Gasteiger partial charge on any atom is -0.508 e. The van der Waals surface area contributed by atoms with Gasteiger partial charge in [-0.3, -0.25) is 0 Å². The summed E-state index contributed by atoms with van der Waals surface area (Å²) in [6.07, 6.45) is 2.79. The van der Waals surface area contributed by atoms with Crippen LogP contribution in [0.2, 0.25) is 0 Å². The molecule has 0 bridgehead atoms. The van der Waals surface area contributed by atoms with Crippen molar-refractivity contribution in [2.75, 3.05) is 20.2 Å². The van der Waals surface area contributed by atoms with E-state index >= 15 is 0 Å². The van der Waals surface area contributed by atoms with Gasteiger partial charge in [-0.15, -0.1) is 0 Å². The molecule has 1 aromatic rings. The molecule has 0 amide bonds. The molecule has 3 nitrogen and oxygen atoms in total. The normalized spacial score (nSPS) is 19.6. The molecular weight excluding hydrogens is 202 g/mol. The van der Waals surface area contributed by atoms with Gasteiger partial charge < -0.3 is 15.2 Å². The van der Waals surface area contributed by atoms with Gasteiger partial charge >= 0.3 is 0 Å². The van der Waals surface area contributed by atoms with Gasteiger partial charge in [-0.1, -0.05) is 18.2 Å². The Hall–Kier alpha value is -1.06. The number of phenolic OH excluding ortho intramolecular Hbond substituents is 1. The van der Waals surface area contributed by atoms with Crippen LogP contribution in [0.5, 0.6) is 5.75 Å². The van der Waals surface area contributed by atoms with Crippen LogP contribution in [0.3, 0.4) is 0 Å². The molecule has 0 unspecified atom stereocenters. The summed E-state index contributed by atoms with van der Waals surface area (Å²) in [5.74, 6) is 0.373. The second-order valence-corrected chi connectivity index (χ2v) is 4.44. The van der Waals surface area contributed by atoms with Crippen molar-refractivity contribution in [3.63, 3.8) is 0 Å². The van der Waals surface area contributed by atoms with Gasteiger partial charge in [0.25, 0.3) is 0 Å². The first-order chi connectivity index (χ1) is 7.76. The quantitative estimate of drug-likeness (QED) is 0.816. The zero-order chi connectivity index (χ0) is 11.4. The molecule has 1 heterocycles. The largest absolute Gasteiger partial charge is 0.508 e. The van der Waals surface area contributed by atoms with Crippen LogP contribution in [-0.4, -0.2) is 30.9 Å². The lowest BCUT2D eigenvalue weighted by atomic mass is 9.85. The number of piperidine rings is 1. The average molecular weight is 221 g/mol. The predicted molar refractivity (Wildman–Crippen MR) is 63.7 cm³/mol. The van der Waals surface area contributed by atoms with Crippen molar-refractivity contribution in [3.8, 4) is 5.75 Å². The Morgan fingerprint density at radius 1 is 1.31 bits per heavy atom. The van der Waals surface area contributed by atoms with E-state index in [4.69, 9.17) is 4.74 Å². The molecule has 1 saturated heterocycles. The number of para-hydroxylation sites is 1. The van der Waals surface area contributed by atoms with Crippen LogP contribution in [0, 0.1) is 0 Å². The molecule has 2 N–H and O–H groups in total. The molecule has 0 spiro atoms. The molecule has 1 aliphatic heterocycles. The summed E-state index contributed by atoms with van der Waals surface area (Å²) in [6.45, 7) is 1.98. The molecule has 3 heteroatoms. The second-order valence-electron chi connectivity index (χ2n) is 4.44. The third-order valence-electron chi connectivity index (χ3n) is 3.45. The van der Waals surface area contributed by atoms with E-state index in [-0.39, 0.29) is 5.60 Å². The number of benzene rings is 1. The Labute approximate surface area is 96.4 Å². The Kier molecular flexibility index (Phi) is 3.46. The van der Waals surface area contributed by atoms with Gasteiger partial charge in [0.1, 0.15) is 5.75 Å². The van der Waals surface area contributed by atoms with E-state index in [9.17, 15) is 5.11 Å². The molecular formula is C13H19NO2. The van der Waals surface area contributed by atoms with Crippen LogP contribution < -0.4 is 5.32 Å². The fraction of sp³-hybridized carbons (Fsp3) is 0.538. The van der Waals surface area contributed by atoms with E-state index in [1.165, 1.54) is 0 Å². The van der Waals surface area contributed by atoms with Gasteiger partial charge in [-0.05, 0) is 37.6 Å². The van der Waals surface area contributed by atoms with E-state index in [0.717, 1.165) is 37.9 Å². The third kappa shape index (κ3) is 2.36. The number of phenols is 1. The monoisotopic (exact) mass is 221 g/mol. The van der Waals surface area contributed by atoms with Crippen molar-refractivity contribution in [1.29, 1.82) is 0 Å². The Morgan fingerprint density at radius 3 is 2.62 bits per heavy atom. The van der Waals surface area contributed by atoms with Gasteiger partial charge in [0, 0.05) is 13.5 Å². The van der Waals surface area contributed by atoms with Crippen molar-refractivity contribution in [2.45, 2.75) is 24.9 Å². The standard InChI is InChI=1S/C13H19NO2/c1-16-13(6-8-14-9-7-13)10-11-4-2-3-5-12(11)15/h2-5,14-15H,6-10H2,1H3. The van der Waals surface area contributed by atoms with E-state index in [0.29, 0.717) is 5.75 Å². The summed E-state index contributed by atoms with van der Waals surface area (Å²) < 4.78 is 5.69. The van der Waals surface area contributed by atoms with Gasteiger partial charge in [-0.2, -0.15) is 0 Å². The van der Waals surface area contributed by atoms with Gasteiger partial charge in [0.15, 0.2) is 0 Å². The zero-order valence-corrected chi connectivity index (χ0v) is 9.70. The first-order valence-electron chi connectivity index (χ1n) is 5.78. The molecule has 0 aliphatic carbocycles. The highest BCUT2D eigenvalue weighted by Crippen LogP contribution is 2.30. The minimum atomic E-state index is -0.107. The number of ether oxygens (including phenoxy) is 1.